The fraction of sp³-hybridized carbons (Fsp3) is 0.550. The van der Waals surface area contributed by atoms with Crippen LogP contribution in [-0.2, 0) is 7.05 Å². The van der Waals surface area contributed by atoms with Gasteiger partial charge in [-0.05, 0) is 69.0 Å². The number of nitrogens with one attached hydrogen (secondary N) is 1. The van der Waals surface area contributed by atoms with E-state index in [1.54, 1.807) is 0 Å². The van der Waals surface area contributed by atoms with E-state index in [9.17, 15) is 4.79 Å². The van der Waals surface area contributed by atoms with Gasteiger partial charge in [-0.2, -0.15) is 0 Å². The van der Waals surface area contributed by atoms with E-state index in [4.69, 9.17) is 0 Å². The molecule has 2 aliphatic heterocycles. The first-order valence-electron chi connectivity index (χ1n) is 9.30. The van der Waals surface area contributed by atoms with Gasteiger partial charge in [0.25, 0.3) is 5.91 Å². The van der Waals surface area contributed by atoms with Gasteiger partial charge in [-0.1, -0.05) is 6.42 Å². The topological polar surface area (TPSA) is 37.3 Å². The number of hydrogen-bond donors (Lipinski definition) is 1. The number of carbonyl (C=O) groups is 1. The van der Waals surface area contributed by atoms with E-state index in [0.29, 0.717) is 12.0 Å². The van der Waals surface area contributed by atoms with Gasteiger partial charge in [-0.25, -0.2) is 0 Å². The molecule has 4 rings (SSSR count). The third-order valence-corrected chi connectivity index (χ3v) is 5.90. The van der Waals surface area contributed by atoms with Crippen molar-refractivity contribution in [2.24, 2.45) is 13.0 Å². The van der Waals surface area contributed by atoms with Crippen LogP contribution in [0, 0.1) is 5.92 Å². The quantitative estimate of drug-likeness (QED) is 0.941. The minimum Gasteiger partial charge on any atom is -0.352 e. The van der Waals surface area contributed by atoms with Crippen LogP contribution in [0.5, 0.6) is 0 Å². The van der Waals surface area contributed by atoms with Crippen LogP contribution < -0.4 is 5.32 Å². The predicted molar refractivity (Wildman–Crippen MR) is 97.2 cm³/mol. The van der Waals surface area contributed by atoms with E-state index in [1.165, 1.54) is 45.2 Å². The van der Waals surface area contributed by atoms with Crippen LogP contribution in [0.25, 0.3) is 10.9 Å². The van der Waals surface area contributed by atoms with E-state index in [1.807, 2.05) is 31.4 Å². The van der Waals surface area contributed by atoms with Gasteiger partial charge in [0.05, 0.1) is 0 Å². The summed E-state index contributed by atoms with van der Waals surface area (Å²) >= 11 is 0. The van der Waals surface area contributed by atoms with Crippen LogP contribution in [0.15, 0.2) is 30.5 Å². The highest BCUT2D eigenvalue weighted by Crippen LogP contribution is 2.30. The first kappa shape index (κ1) is 15.7. The number of carbonyl (C=O) groups excluding carboxylic acids is 1. The SMILES string of the molecule is Cn1ccc2cc(C(=O)NC[C@@H]3CCCN4CCCC[C@H]34)ccc21. The van der Waals surface area contributed by atoms with Crippen LogP contribution in [0.4, 0.5) is 0 Å². The van der Waals surface area contributed by atoms with Crippen LogP contribution in [-0.4, -0.2) is 41.1 Å². The molecule has 0 unspecified atom stereocenters. The molecule has 0 saturated carbocycles. The van der Waals surface area contributed by atoms with Crippen LogP contribution in [0.3, 0.4) is 0 Å². The highest BCUT2D eigenvalue weighted by atomic mass is 16.1. The number of nitrogens with zero attached hydrogens (tertiary/aromatic N) is 2. The molecule has 1 N–H and O–H groups in total. The van der Waals surface area contributed by atoms with E-state index in [0.717, 1.165) is 23.0 Å². The molecule has 0 radical (unpaired) electrons. The molecule has 2 fully saturated rings. The Bertz CT molecular complexity index is 734. The number of benzene rings is 1. The highest BCUT2D eigenvalue weighted by molar-refractivity contribution is 5.98. The largest absolute Gasteiger partial charge is 0.352 e. The van der Waals surface area contributed by atoms with E-state index in [2.05, 4.69) is 20.9 Å². The molecular formula is C20H27N3O. The zero-order valence-electron chi connectivity index (χ0n) is 14.5. The Kier molecular flexibility index (Phi) is 4.31. The average Bonchev–Trinajstić information content (AvgIpc) is 3.00. The zero-order valence-corrected chi connectivity index (χ0v) is 14.5. The molecule has 2 aromatic rings. The van der Waals surface area contributed by atoms with Crippen molar-refractivity contribution < 1.29 is 4.79 Å². The van der Waals surface area contributed by atoms with E-state index in [-0.39, 0.29) is 5.91 Å². The van der Waals surface area contributed by atoms with Gasteiger partial charge in [0.15, 0.2) is 0 Å². The summed E-state index contributed by atoms with van der Waals surface area (Å²) in [6.45, 7) is 3.31. The smallest absolute Gasteiger partial charge is 0.251 e. The Morgan fingerprint density at radius 1 is 1.17 bits per heavy atom. The summed E-state index contributed by atoms with van der Waals surface area (Å²) < 4.78 is 2.08. The molecule has 1 aromatic carbocycles. The van der Waals surface area contributed by atoms with Gasteiger partial charge >= 0.3 is 0 Å². The molecule has 4 heteroatoms. The van der Waals surface area contributed by atoms with Gasteiger partial charge in [-0.3, -0.25) is 4.79 Å². The zero-order chi connectivity index (χ0) is 16.5. The fourth-order valence-corrected chi connectivity index (χ4v) is 4.56. The maximum absolute atomic E-state index is 12.6. The minimum absolute atomic E-state index is 0.0636. The number of hydrogen-bond acceptors (Lipinski definition) is 2. The molecule has 1 aromatic heterocycles. The van der Waals surface area contributed by atoms with Crippen molar-refractivity contribution in [2.75, 3.05) is 19.6 Å². The Labute approximate surface area is 143 Å². The average molecular weight is 325 g/mol. The van der Waals surface area contributed by atoms with E-state index < -0.39 is 0 Å². The molecule has 0 bridgehead atoms. The normalized spacial score (nSPS) is 24.7. The summed E-state index contributed by atoms with van der Waals surface area (Å²) in [4.78, 5) is 15.2. The Balaban J connectivity index is 1.41. The lowest BCUT2D eigenvalue weighted by Crippen LogP contribution is -2.51. The van der Waals surface area contributed by atoms with Gasteiger partial charge in [-0.15, -0.1) is 0 Å². The van der Waals surface area contributed by atoms with Crippen molar-refractivity contribution in [1.82, 2.24) is 14.8 Å². The third kappa shape index (κ3) is 2.95. The predicted octanol–water partition coefficient (Wildman–Crippen LogP) is 3.17. The summed E-state index contributed by atoms with van der Waals surface area (Å²) in [5.41, 5.74) is 1.93. The van der Waals surface area contributed by atoms with Crippen LogP contribution in [0.1, 0.15) is 42.5 Å². The van der Waals surface area contributed by atoms with Gasteiger partial charge < -0.3 is 14.8 Å². The molecule has 24 heavy (non-hydrogen) atoms. The van der Waals surface area contributed by atoms with Gasteiger partial charge in [0.1, 0.15) is 0 Å². The van der Waals surface area contributed by atoms with Crippen LogP contribution >= 0.6 is 0 Å². The maximum Gasteiger partial charge on any atom is 0.251 e. The Morgan fingerprint density at radius 2 is 2.04 bits per heavy atom. The molecule has 0 aliphatic carbocycles. The molecule has 2 atom stereocenters. The lowest BCUT2D eigenvalue weighted by Gasteiger charge is -2.44. The lowest BCUT2D eigenvalue weighted by molar-refractivity contribution is 0.0575. The lowest BCUT2D eigenvalue weighted by atomic mass is 9.83. The number of piperidine rings is 2. The Hall–Kier alpha value is -1.81. The summed E-state index contributed by atoms with van der Waals surface area (Å²) in [6, 6.07) is 8.72. The van der Waals surface area contributed by atoms with Crippen LogP contribution in [0.2, 0.25) is 0 Å². The number of aromatic nitrogens is 1. The molecular weight excluding hydrogens is 298 g/mol. The summed E-state index contributed by atoms with van der Waals surface area (Å²) in [5.74, 6) is 0.678. The van der Waals surface area contributed by atoms with Crippen molar-refractivity contribution in [1.29, 1.82) is 0 Å². The standard InChI is InChI=1S/C20H27N3O/c1-22-12-9-15-13-16(7-8-18(15)22)20(24)21-14-17-5-4-11-23-10-3-2-6-19(17)23/h7-9,12-13,17,19H,2-6,10-11,14H2,1H3,(H,21,24)/t17-,19+/m0/s1. The molecule has 2 aliphatic rings. The molecule has 1 amide bonds. The second kappa shape index (κ2) is 6.60. The van der Waals surface area contributed by atoms with Gasteiger partial charge in [0, 0.05) is 42.3 Å². The molecule has 2 saturated heterocycles. The van der Waals surface area contributed by atoms with Crippen molar-refractivity contribution in [3.8, 4) is 0 Å². The maximum atomic E-state index is 12.6. The second-order valence-corrected chi connectivity index (χ2v) is 7.41. The number of amides is 1. The summed E-state index contributed by atoms with van der Waals surface area (Å²) in [7, 11) is 2.03. The molecule has 4 nitrogen and oxygen atoms in total. The minimum atomic E-state index is 0.0636. The number of fused-ring (bicyclic) bond motifs is 2. The molecule has 3 heterocycles. The van der Waals surface area contributed by atoms with Crippen molar-refractivity contribution >= 4 is 16.8 Å². The molecule has 0 spiro atoms. The Morgan fingerprint density at radius 3 is 2.96 bits per heavy atom. The van der Waals surface area contributed by atoms with Crippen molar-refractivity contribution in [3.63, 3.8) is 0 Å². The first-order chi connectivity index (χ1) is 11.7. The second-order valence-electron chi connectivity index (χ2n) is 7.41. The van der Waals surface area contributed by atoms with Crippen molar-refractivity contribution in [2.45, 2.75) is 38.1 Å². The van der Waals surface area contributed by atoms with Gasteiger partial charge in [0.2, 0.25) is 0 Å². The number of rotatable bonds is 3. The number of aryl methyl sites for hydroxylation is 1. The summed E-state index contributed by atoms with van der Waals surface area (Å²) in [5, 5.41) is 4.33. The highest BCUT2D eigenvalue weighted by Gasteiger charge is 2.32. The van der Waals surface area contributed by atoms with E-state index >= 15 is 0 Å². The monoisotopic (exact) mass is 325 g/mol. The third-order valence-electron chi connectivity index (χ3n) is 5.90. The molecule has 128 valence electrons. The first-order valence-corrected chi connectivity index (χ1v) is 9.30. The fourth-order valence-electron chi connectivity index (χ4n) is 4.56. The van der Waals surface area contributed by atoms with Crippen molar-refractivity contribution in [3.05, 3.63) is 36.0 Å². The summed E-state index contributed by atoms with van der Waals surface area (Å²) in [6.07, 6.45) is 8.54.